The molecule has 1 amide bonds. The van der Waals surface area contributed by atoms with Gasteiger partial charge in [0.2, 0.25) is 5.88 Å². The summed E-state index contributed by atoms with van der Waals surface area (Å²) in [7, 11) is 1.49. The summed E-state index contributed by atoms with van der Waals surface area (Å²) in [4.78, 5) is 22.5. The summed E-state index contributed by atoms with van der Waals surface area (Å²) in [5.74, 6) is 0.00442. The zero-order valence-corrected chi connectivity index (χ0v) is 23.4. The molecule has 3 aromatic rings. The number of allylic oxidation sites excluding steroid dienone is 1. The van der Waals surface area contributed by atoms with Crippen LogP contribution in [-0.4, -0.2) is 50.1 Å². The van der Waals surface area contributed by atoms with Crippen molar-refractivity contribution >= 4 is 23.2 Å². The van der Waals surface area contributed by atoms with E-state index in [1.165, 1.54) is 36.6 Å². The van der Waals surface area contributed by atoms with E-state index in [2.05, 4.69) is 70.4 Å². The Bertz CT molecular complexity index is 1290. The molecule has 0 saturated heterocycles. The maximum absolute atomic E-state index is 14.1. The molecule has 39 heavy (non-hydrogen) atoms. The fourth-order valence-electron chi connectivity index (χ4n) is 4.20. The third-order valence-electron chi connectivity index (χ3n) is 5.97. The van der Waals surface area contributed by atoms with Crippen molar-refractivity contribution in [3.05, 3.63) is 54.1 Å². The maximum atomic E-state index is 14.1. The van der Waals surface area contributed by atoms with Crippen LogP contribution in [0, 0.1) is 5.41 Å². The number of anilines is 3. The van der Waals surface area contributed by atoms with Crippen LogP contribution in [0.5, 0.6) is 5.88 Å². The van der Waals surface area contributed by atoms with E-state index < -0.39 is 12.6 Å². The van der Waals surface area contributed by atoms with Gasteiger partial charge >= 0.3 is 0 Å². The lowest BCUT2D eigenvalue weighted by atomic mass is 9.90. The molecule has 3 rings (SSSR count). The minimum atomic E-state index is -0.831. The number of hydrogen-bond acceptors (Lipinski definition) is 9. The van der Waals surface area contributed by atoms with Gasteiger partial charge in [-0.3, -0.25) is 4.79 Å². The highest BCUT2D eigenvalue weighted by atomic mass is 19.1. The van der Waals surface area contributed by atoms with Crippen molar-refractivity contribution in [1.82, 2.24) is 30.3 Å². The minimum absolute atomic E-state index is 0.0104. The quantitative estimate of drug-likeness (QED) is 0.247. The standard InChI is InChI=1S/C27H38FN9O2/c1-8-21(33-16(2)13-27(4,5)6)17(3)34-24-18(14-28)11-20(23(29)38)25(36-24)35-19-12-22(26(39-7)30-15-19)37-31-9-10-32-37/h9-12,15,17,21,33H,2,8,13-14H2,1,3-7H3,(H2,29,38)(H2,34,35,36). The molecule has 3 heterocycles. The highest BCUT2D eigenvalue weighted by Gasteiger charge is 2.22. The summed E-state index contributed by atoms with van der Waals surface area (Å²) < 4.78 is 19.4. The Kier molecular flexibility index (Phi) is 9.44. The number of amides is 1. The predicted octanol–water partition coefficient (Wildman–Crippen LogP) is 4.50. The molecule has 0 fully saturated rings. The van der Waals surface area contributed by atoms with Gasteiger partial charge < -0.3 is 26.4 Å². The zero-order chi connectivity index (χ0) is 28.7. The molecule has 11 nitrogen and oxygen atoms in total. The molecule has 5 N–H and O–H groups in total. The van der Waals surface area contributed by atoms with Gasteiger partial charge in [-0.1, -0.05) is 34.3 Å². The predicted molar refractivity (Wildman–Crippen MR) is 150 cm³/mol. The molecule has 0 radical (unpaired) electrons. The Morgan fingerprint density at radius 2 is 1.92 bits per heavy atom. The van der Waals surface area contributed by atoms with Crippen molar-refractivity contribution in [3.8, 4) is 11.6 Å². The van der Waals surface area contributed by atoms with E-state index in [0.29, 0.717) is 23.1 Å². The highest BCUT2D eigenvalue weighted by Crippen LogP contribution is 2.29. The number of rotatable bonds is 13. The van der Waals surface area contributed by atoms with Gasteiger partial charge in [-0.25, -0.2) is 14.4 Å². The molecular formula is C27H38FN9O2. The van der Waals surface area contributed by atoms with Crippen molar-refractivity contribution in [2.24, 2.45) is 11.1 Å². The number of carbonyl (C=O) groups is 1. The van der Waals surface area contributed by atoms with Crippen LogP contribution in [0.1, 0.15) is 63.4 Å². The number of pyridine rings is 2. The lowest BCUT2D eigenvalue weighted by Crippen LogP contribution is -2.42. The second kappa shape index (κ2) is 12.5. The lowest BCUT2D eigenvalue weighted by molar-refractivity contribution is 0.100. The molecule has 12 heteroatoms. The summed E-state index contributed by atoms with van der Waals surface area (Å²) in [6, 6.07) is 2.97. The number of nitrogens with zero attached hydrogens (tertiary/aromatic N) is 5. The van der Waals surface area contributed by atoms with E-state index in [9.17, 15) is 9.18 Å². The van der Waals surface area contributed by atoms with Gasteiger partial charge in [0.1, 0.15) is 24.0 Å². The molecule has 0 bridgehead atoms. The van der Waals surface area contributed by atoms with Crippen LogP contribution in [0.3, 0.4) is 0 Å². The number of methoxy groups -OCH3 is 1. The van der Waals surface area contributed by atoms with Crippen LogP contribution in [0.2, 0.25) is 0 Å². The Labute approximate surface area is 228 Å². The zero-order valence-electron chi connectivity index (χ0n) is 23.4. The average molecular weight is 540 g/mol. The first-order valence-corrected chi connectivity index (χ1v) is 12.7. The number of carbonyl (C=O) groups excluding carboxylic acids is 1. The molecule has 0 aliphatic carbocycles. The summed E-state index contributed by atoms with van der Waals surface area (Å²) >= 11 is 0. The van der Waals surface area contributed by atoms with E-state index in [4.69, 9.17) is 10.5 Å². The third kappa shape index (κ3) is 7.65. The van der Waals surface area contributed by atoms with Crippen LogP contribution >= 0.6 is 0 Å². The minimum Gasteiger partial charge on any atom is -0.479 e. The monoisotopic (exact) mass is 539 g/mol. The second-order valence-electron chi connectivity index (χ2n) is 10.5. The number of nitrogens with one attached hydrogen (secondary N) is 3. The number of nitrogens with two attached hydrogens (primary N) is 1. The van der Waals surface area contributed by atoms with E-state index >= 15 is 0 Å². The third-order valence-corrected chi connectivity index (χ3v) is 5.97. The molecule has 210 valence electrons. The Balaban J connectivity index is 1.92. The smallest absolute Gasteiger partial charge is 0.252 e. The summed E-state index contributed by atoms with van der Waals surface area (Å²) in [6.45, 7) is 13.9. The van der Waals surface area contributed by atoms with Crippen LogP contribution < -0.4 is 26.4 Å². The highest BCUT2D eigenvalue weighted by molar-refractivity contribution is 5.99. The fraction of sp³-hybridized carbons (Fsp3) is 0.444. The van der Waals surface area contributed by atoms with Gasteiger partial charge in [-0.15, -0.1) is 4.80 Å². The first-order chi connectivity index (χ1) is 18.4. The molecule has 2 atom stereocenters. The van der Waals surface area contributed by atoms with Crippen molar-refractivity contribution in [2.45, 2.75) is 66.2 Å². The van der Waals surface area contributed by atoms with Gasteiger partial charge in [0.15, 0.2) is 0 Å². The first kappa shape index (κ1) is 29.3. The van der Waals surface area contributed by atoms with Crippen molar-refractivity contribution in [2.75, 3.05) is 17.7 Å². The number of primary amides is 1. The number of halogens is 1. The van der Waals surface area contributed by atoms with Gasteiger partial charge in [0.25, 0.3) is 5.91 Å². The van der Waals surface area contributed by atoms with Crippen LogP contribution in [0.15, 0.2) is 43.0 Å². The first-order valence-electron chi connectivity index (χ1n) is 12.7. The molecule has 0 aromatic carbocycles. The van der Waals surface area contributed by atoms with Crippen molar-refractivity contribution < 1.29 is 13.9 Å². The second-order valence-corrected chi connectivity index (χ2v) is 10.5. The number of aromatic nitrogens is 5. The SMILES string of the molecule is C=C(CC(C)(C)C)NC(CC)C(C)Nc1nc(Nc2cnc(OC)c(-n3nccn3)c2)c(C(N)=O)cc1CF. The van der Waals surface area contributed by atoms with Gasteiger partial charge in [0.05, 0.1) is 37.0 Å². The Morgan fingerprint density at radius 3 is 2.49 bits per heavy atom. The molecule has 2 unspecified atom stereocenters. The topological polar surface area (TPSA) is 145 Å². The summed E-state index contributed by atoms with van der Waals surface area (Å²) in [6.07, 6.45) is 6.18. The van der Waals surface area contributed by atoms with Gasteiger partial charge in [0, 0.05) is 23.3 Å². The molecule has 0 saturated carbocycles. The van der Waals surface area contributed by atoms with Gasteiger partial charge in [-0.2, -0.15) is 10.2 Å². The van der Waals surface area contributed by atoms with Crippen molar-refractivity contribution in [3.63, 3.8) is 0 Å². The van der Waals surface area contributed by atoms with E-state index in [0.717, 1.165) is 18.5 Å². The molecular weight excluding hydrogens is 501 g/mol. The molecule has 0 spiro atoms. The number of hydrogen-bond donors (Lipinski definition) is 4. The largest absolute Gasteiger partial charge is 0.479 e. The molecule has 3 aromatic heterocycles. The van der Waals surface area contributed by atoms with E-state index in [1.807, 2.05) is 6.92 Å². The van der Waals surface area contributed by atoms with Crippen molar-refractivity contribution in [1.29, 1.82) is 0 Å². The molecule has 0 aliphatic rings. The van der Waals surface area contributed by atoms with Crippen LogP contribution in [0.4, 0.5) is 21.7 Å². The summed E-state index contributed by atoms with van der Waals surface area (Å²) in [5, 5.41) is 18.1. The molecule has 0 aliphatic heterocycles. The van der Waals surface area contributed by atoms with E-state index in [1.54, 1.807) is 6.07 Å². The van der Waals surface area contributed by atoms with Crippen LogP contribution in [-0.2, 0) is 6.67 Å². The summed E-state index contributed by atoms with van der Waals surface area (Å²) in [5.41, 5.74) is 7.85. The van der Waals surface area contributed by atoms with E-state index in [-0.39, 0.29) is 34.4 Å². The number of alkyl halides is 1. The van der Waals surface area contributed by atoms with Gasteiger partial charge in [-0.05, 0) is 37.3 Å². The van der Waals surface area contributed by atoms with Crippen LogP contribution in [0.25, 0.3) is 5.69 Å². The number of ether oxygens (including phenoxy) is 1. The maximum Gasteiger partial charge on any atom is 0.252 e. The normalized spacial score (nSPS) is 12.9. The Morgan fingerprint density at radius 1 is 1.23 bits per heavy atom. The average Bonchev–Trinajstić information content (AvgIpc) is 3.41. The Hall–Kier alpha value is -4.22. The fourth-order valence-corrected chi connectivity index (χ4v) is 4.20. The lowest BCUT2D eigenvalue weighted by Gasteiger charge is -2.30.